The smallest absolute Gasteiger partial charge is 0.378 e. The fourth-order valence-electron chi connectivity index (χ4n) is 1.49. The molecule has 2 N–H and O–H groups in total. The zero-order valence-electron chi connectivity index (χ0n) is 9.96. The van der Waals surface area contributed by atoms with Crippen LogP contribution in [-0.2, 0) is 19.1 Å². The van der Waals surface area contributed by atoms with Crippen LogP contribution in [0.15, 0.2) is 0 Å². The standard InChI is InChI=1S/C11H18O6/c1-6(2)3-4-16-10-8(14)11(15)17-9(10)7(13)5-12/h6-7,9-10,12-13H,3-5H2,1-2H3/t7-,9+,10?/m0/s1. The van der Waals surface area contributed by atoms with Crippen molar-refractivity contribution in [3.8, 4) is 0 Å². The molecule has 0 aliphatic carbocycles. The van der Waals surface area contributed by atoms with E-state index in [9.17, 15) is 14.7 Å². The molecule has 0 radical (unpaired) electrons. The summed E-state index contributed by atoms with van der Waals surface area (Å²) in [6.45, 7) is 3.72. The lowest BCUT2D eigenvalue weighted by atomic mass is 10.1. The summed E-state index contributed by atoms with van der Waals surface area (Å²) in [6, 6.07) is 0. The Kier molecular flexibility index (Phi) is 5.04. The van der Waals surface area contributed by atoms with Gasteiger partial charge in [-0.1, -0.05) is 13.8 Å². The predicted molar refractivity (Wildman–Crippen MR) is 57.2 cm³/mol. The van der Waals surface area contributed by atoms with Gasteiger partial charge < -0.3 is 19.7 Å². The highest BCUT2D eigenvalue weighted by Gasteiger charge is 2.47. The van der Waals surface area contributed by atoms with Crippen LogP contribution in [0.25, 0.3) is 0 Å². The zero-order valence-corrected chi connectivity index (χ0v) is 9.96. The van der Waals surface area contributed by atoms with Gasteiger partial charge in [-0.3, -0.25) is 4.79 Å². The topological polar surface area (TPSA) is 93.1 Å². The number of cyclic esters (lactones) is 1. The Balaban J connectivity index is 2.58. The minimum atomic E-state index is -1.30. The Bertz CT molecular complexity index is 288. The van der Waals surface area contributed by atoms with Gasteiger partial charge in [0.25, 0.3) is 5.78 Å². The first-order chi connectivity index (χ1) is 7.97. The SMILES string of the molecule is CC(C)CCOC1C(=O)C(=O)O[C@@H]1[C@@H](O)CO. The summed E-state index contributed by atoms with van der Waals surface area (Å²) < 4.78 is 9.94. The van der Waals surface area contributed by atoms with E-state index in [2.05, 4.69) is 4.74 Å². The Morgan fingerprint density at radius 3 is 2.59 bits per heavy atom. The van der Waals surface area contributed by atoms with Crippen LogP contribution in [0.4, 0.5) is 0 Å². The van der Waals surface area contributed by atoms with E-state index in [1.807, 2.05) is 13.8 Å². The largest absolute Gasteiger partial charge is 0.450 e. The lowest BCUT2D eigenvalue weighted by molar-refractivity contribution is -0.152. The van der Waals surface area contributed by atoms with Crippen molar-refractivity contribution < 1.29 is 29.3 Å². The first-order valence-electron chi connectivity index (χ1n) is 5.62. The lowest BCUT2D eigenvalue weighted by Crippen LogP contribution is -2.41. The van der Waals surface area contributed by atoms with Crippen molar-refractivity contribution in [1.29, 1.82) is 0 Å². The number of ether oxygens (including phenoxy) is 2. The maximum atomic E-state index is 11.4. The van der Waals surface area contributed by atoms with Crippen LogP contribution in [0.2, 0.25) is 0 Å². The van der Waals surface area contributed by atoms with Crippen LogP contribution in [-0.4, -0.2) is 53.5 Å². The summed E-state index contributed by atoms with van der Waals surface area (Å²) in [5.74, 6) is -1.41. The highest BCUT2D eigenvalue weighted by Crippen LogP contribution is 2.19. The number of rotatable bonds is 6. The lowest BCUT2D eigenvalue weighted by Gasteiger charge is -2.20. The summed E-state index contributed by atoms with van der Waals surface area (Å²) in [6.07, 6.45) is -2.77. The summed E-state index contributed by atoms with van der Waals surface area (Å²) in [5, 5.41) is 18.2. The average molecular weight is 246 g/mol. The minimum Gasteiger partial charge on any atom is -0.450 e. The molecule has 6 nitrogen and oxygen atoms in total. The monoisotopic (exact) mass is 246 g/mol. The molecule has 17 heavy (non-hydrogen) atoms. The minimum absolute atomic E-state index is 0.305. The summed E-state index contributed by atoms with van der Waals surface area (Å²) in [5.41, 5.74) is 0. The molecule has 1 rings (SSSR count). The van der Waals surface area contributed by atoms with Gasteiger partial charge in [-0.25, -0.2) is 4.79 Å². The van der Waals surface area contributed by atoms with Crippen LogP contribution in [0.3, 0.4) is 0 Å². The van der Waals surface area contributed by atoms with Gasteiger partial charge in [-0.05, 0) is 12.3 Å². The number of esters is 1. The van der Waals surface area contributed by atoms with Crippen LogP contribution >= 0.6 is 0 Å². The van der Waals surface area contributed by atoms with E-state index < -0.39 is 36.7 Å². The van der Waals surface area contributed by atoms with Crippen molar-refractivity contribution in [2.75, 3.05) is 13.2 Å². The molecule has 1 unspecified atom stereocenters. The van der Waals surface area contributed by atoms with E-state index >= 15 is 0 Å². The third-order valence-corrected chi connectivity index (χ3v) is 2.56. The number of ketones is 1. The molecule has 98 valence electrons. The van der Waals surface area contributed by atoms with E-state index in [1.165, 1.54) is 0 Å². The normalized spacial score (nSPS) is 26.4. The van der Waals surface area contributed by atoms with Gasteiger partial charge in [0.15, 0.2) is 12.2 Å². The quantitative estimate of drug-likeness (QED) is 0.474. The third-order valence-electron chi connectivity index (χ3n) is 2.56. The molecule has 1 aliphatic heterocycles. The predicted octanol–water partition coefficient (Wildman–Crippen LogP) is -0.735. The van der Waals surface area contributed by atoms with E-state index in [0.717, 1.165) is 6.42 Å². The Morgan fingerprint density at radius 1 is 1.41 bits per heavy atom. The zero-order chi connectivity index (χ0) is 13.0. The van der Waals surface area contributed by atoms with Gasteiger partial charge in [0, 0.05) is 6.61 Å². The Labute approximate surface area is 99.5 Å². The molecule has 1 fully saturated rings. The molecule has 3 atom stereocenters. The van der Waals surface area contributed by atoms with Crippen LogP contribution in [0.1, 0.15) is 20.3 Å². The van der Waals surface area contributed by atoms with E-state index in [-0.39, 0.29) is 0 Å². The summed E-state index contributed by atoms with van der Waals surface area (Å²) in [4.78, 5) is 22.5. The molecule has 0 aromatic rings. The summed E-state index contributed by atoms with van der Waals surface area (Å²) >= 11 is 0. The van der Waals surface area contributed by atoms with Gasteiger partial charge in [-0.2, -0.15) is 0 Å². The van der Waals surface area contributed by atoms with Crippen LogP contribution < -0.4 is 0 Å². The van der Waals surface area contributed by atoms with Gasteiger partial charge in [0.1, 0.15) is 6.10 Å². The average Bonchev–Trinajstić information content (AvgIpc) is 2.55. The highest BCUT2D eigenvalue weighted by molar-refractivity contribution is 6.37. The first kappa shape index (κ1) is 14.1. The second kappa shape index (κ2) is 6.09. The number of hydrogen-bond acceptors (Lipinski definition) is 6. The number of aliphatic hydroxyl groups excluding tert-OH is 2. The number of carbonyl (C=O) groups is 2. The van der Waals surface area contributed by atoms with Gasteiger partial charge in [0.05, 0.1) is 6.61 Å². The van der Waals surface area contributed by atoms with Gasteiger partial charge in [0.2, 0.25) is 0 Å². The van der Waals surface area contributed by atoms with Crippen molar-refractivity contribution in [2.24, 2.45) is 5.92 Å². The van der Waals surface area contributed by atoms with Gasteiger partial charge >= 0.3 is 5.97 Å². The van der Waals surface area contributed by atoms with Crippen molar-refractivity contribution >= 4 is 11.8 Å². The highest BCUT2D eigenvalue weighted by atomic mass is 16.6. The maximum Gasteiger partial charge on any atom is 0.378 e. The number of aliphatic hydroxyl groups is 2. The molecule has 1 saturated heterocycles. The molecule has 0 amide bonds. The molecule has 0 spiro atoms. The van der Waals surface area contributed by atoms with E-state index in [0.29, 0.717) is 12.5 Å². The van der Waals surface area contributed by atoms with E-state index in [4.69, 9.17) is 9.84 Å². The van der Waals surface area contributed by atoms with Crippen molar-refractivity contribution in [3.05, 3.63) is 0 Å². The molecule has 0 saturated carbocycles. The molecule has 0 bridgehead atoms. The Morgan fingerprint density at radius 2 is 2.06 bits per heavy atom. The van der Waals surface area contributed by atoms with Crippen molar-refractivity contribution in [2.45, 2.75) is 38.6 Å². The molecule has 1 heterocycles. The van der Waals surface area contributed by atoms with Crippen molar-refractivity contribution in [1.82, 2.24) is 0 Å². The maximum absolute atomic E-state index is 11.4. The molecule has 0 aromatic carbocycles. The number of Topliss-reactive ketones (excluding diaryl/α,β-unsaturated/α-hetero) is 1. The number of carbonyl (C=O) groups excluding carboxylic acids is 2. The first-order valence-corrected chi connectivity index (χ1v) is 5.62. The number of hydrogen-bond donors (Lipinski definition) is 2. The molecular formula is C11H18O6. The molecular weight excluding hydrogens is 228 g/mol. The van der Waals surface area contributed by atoms with E-state index in [1.54, 1.807) is 0 Å². The fraction of sp³-hybridized carbons (Fsp3) is 0.818. The molecule has 1 aliphatic rings. The third kappa shape index (κ3) is 3.49. The summed E-state index contributed by atoms with van der Waals surface area (Å²) in [7, 11) is 0. The van der Waals surface area contributed by atoms with Crippen LogP contribution in [0.5, 0.6) is 0 Å². The Hall–Kier alpha value is -0.980. The fourth-order valence-corrected chi connectivity index (χ4v) is 1.49. The van der Waals surface area contributed by atoms with Crippen LogP contribution in [0, 0.1) is 5.92 Å². The second-order valence-electron chi connectivity index (χ2n) is 4.46. The molecule has 0 aromatic heterocycles. The molecule has 6 heteroatoms. The second-order valence-corrected chi connectivity index (χ2v) is 4.46. The van der Waals surface area contributed by atoms with Gasteiger partial charge in [-0.15, -0.1) is 0 Å². The van der Waals surface area contributed by atoms with Crippen molar-refractivity contribution in [3.63, 3.8) is 0 Å².